The Balaban J connectivity index is 1.72. The van der Waals surface area contributed by atoms with Gasteiger partial charge in [-0.1, -0.05) is 6.07 Å². The maximum atomic E-state index is 13.2. The second kappa shape index (κ2) is 10.2. The summed E-state index contributed by atoms with van der Waals surface area (Å²) in [6.07, 6.45) is 3.36. The first-order chi connectivity index (χ1) is 12.1. The molecular formula is C19H30FN3O2. The van der Waals surface area contributed by atoms with E-state index < -0.39 is 0 Å². The van der Waals surface area contributed by atoms with Gasteiger partial charge in [-0.25, -0.2) is 4.39 Å². The Bertz CT molecular complexity index is 547. The van der Waals surface area contributed by atoms with Gasteiger partial charge in [-0.05, 0) is 44.2 Å². The Labute approximate surface area is 150 Å². The quantitative estimate of drug-likeness (QED) is 0.606. The molecule has 1 unspecified atom stereocenters. The predicted molar refractivity (Wildman–Crippen MR) is 98.6 cm³/mol. The first kappa shape index (κ1) is 19.5. The van der Waals surface area contributed by atoms with E-state index in [9.17, 15) is 4.39 Å². The summed E-state index contributed by atoms with van der Waals surface area (Å²) in [6, 6.07) is 6.21. The first-order valence-corrected chi connectivity index (χ1v) is 9.00. The summed E-state index contributed by atoms with van der Waals surface area (Å²) in [4.78, 5) is 6.48. The highest BCUT2D eigenvalue weighted by molar-refractivity contribution is 5.79. The van der Waals surface area contributed by atoms with Gasteiger partial charge in [0.2, 0.25) is 0 Å². The zero-order chi connectivity index (χ0) is 18.1. The van der Waals surface area contributed by atoms with Gasteiger partial charge in [-0.2, -0.15) is 0 Å². The van der Waals surface area contributed by atoms with E-state index in [-0.39, 0.29) is 11.9 Å². The molecule has 2 rings (SSSR count). The molecule has 25 heavy (non-hydrogen) atoms. The van der Waals surface area contributed by atoms with E-state index in [0.717, 1.165) is 50.9 Å². The summed E-state index contributed by atoms with van der Waals surface area (Å²) in [5.41, 5.74) is 0. The Morgan fingerprint density at radius 2 is 2.20 bits per heavy atom. The fourth-order valence-electron chi connectivity index (χ4n) is 2.95. The van der Waals surface area contributed by atoms with Crippen molar-refractivity contribution in [3.8, 4) is 5.75 Å². The fraction of sp³-hybridized carbons (Fsp3) is 0.632. The third kappa shape index (κ3) is 6.90. The van der Waals surface area contributed by atoms with Crippen LogP contribution in [0.2, 0.25) is 0 Å². The SMILES string of the molecule is CN=C(NCC(C)Oc1cccc(F)c1)N(C)CCC1CCOCC1. The van der Waals surface area contributed by atoms with Gasteiger partial charge in [-0.3, -0.25) is 4.99 Å². The molecule has 1 aromatic carbocycles. The molecule has 0 aliphatic carbocycles. The fourth-order valence-corrected chi connectivity index (χ4v) is 2.95. The summed E-state index contributed by atoms with van der Waals surface area (Å²) in [7, 11) is 3.83. The van der Waals surface area contributed by atoms with Gasteiger partial charge >= 0.3 is 0 Å². The normalized spacial score (nSPS) is 17.2. The molecule has 0 bridgehead atoms. The van der Waals surface area contributed by atoms with Gasteiger partial charge in [0.25, 0.3) is 0 Å². The van der Waals surface area contributed by atoms with Gasteiger partial charge in [0.05, 0.1) is 6.54 Å². The van der Waals surface area contributed by atoms with E-state index in [2.05, 4.69) is 15.2 Å². The average Bonchev–Trinajstić information content (AvgIpc) is 2.61. The minimum Gasteiger partial charge on any atom is -0.489 e. The molecule has 1 N–H and O–H groups in total. The molecule has 1 fully saturated rings. The molecule has 1 aliphatic heterocycles. The molecule has 140 valence electrons. The van der Waals surface area contributed by atoms with Crippen molar-refractivity contribution < 1.29 is 13.9 Å². The molecule has 5 nitrogen and oxygen atoms in total. The van der Waals surface area contributed by atoms with Crippen LogP contribution in [0.15, 0.2) is 29.3 Å². The van der Waals surface area contributed by atoms with Crippen LogP contribution in [0.4, 0.5) is 4.39 Å². The molecule has 0 spiro atoms. The van der Waals surface area contributed by atoms with Crippen molar-refractivity contribution in [2.45, 2.75) is 32.3 Å². The molecule has 1 aromatic rings. The number of aliphatic imine (C=N–C) groups is 1. The molecule has 0 saturated carbocycles. The number of rotatable bonds is 7. The summed E-state index contributed by atoms with van der Waals surface area (Å²) in [5.74, 6) is 1.84. The number of nitrogens with one attached hydrogen (secondary N) is 1. The number of hydrogen-bond acceptors (Lipinski definition) is 3. The van der Waals surface area contributed by atoms with E-state index in [4.69, 9.17) is 9.47 Å². The predicted octanol–water partition coefficient (Wildman–Crippen LogP) is 2.92. The number of halogens is 1. The second-order valence-corrected chi connectivity index (χ2v) is 6.58. The maximum absolute atomic E-state index is 13.2. The van der Waals surface area contributed by atoms with Crippen LogP contribution in [-0.4, -0.2) is 57.4 Å². The molecule has 0 aromatic heterocycles. The molecule has 1 atom stereocenters. The minimum absolute atomic E-state index is 0.0950. The van der Waals surface area contributed by atoms with Gasteiger partial charge in [0, 0.05) is 39.9 Å². The van der Waals surface area contributed by atoms with Crippen molar-refractivity contribution >= 4 is 5.96 Å². The lowest BCUT2D eigenvalue weighted by atomic mass is 9.96. The molecule has 0 amide bonds. The monoisotopic (exact) mass is 351 g/mol. The number of guanidine groups is 1. The van der Waals surface area contributed by atoms with Crippen molar-refractivity contribution in [1.82, 2.24) is 10.2 Å². The van der Waals surface area contributed by atoms with Crippen molar-refractivity contribution in [3.05, 3.63) is 30.1 Å². The average molecular weight is 351 g/mol. The van der Waals surface area contributed by atoms with E-state index >= 15 is 0 Å². The minimum atomic E-state index is -0.290. The Hall–Kier alpha value is -1.82. The zero-order valence-corrected chi connectivity index (χ0v) is 15.5. The summed E-state index contributed by atoms with van der Waals surface area (Å²) < 4.78 is 24.3. The molecule has 1 heterocycles. The maximum Gasteiger partial charge on any atom is 0.193 e. The van der Waals surface area contributed by atoms with Crippen LogP contribution in [0.5, 0.6) is 5.75 Å². The van der Waals surface area contributed by atoms with Gasteiger partial charge in [0.15, 0.2) is 5.96 Å². The number of nitrogens with zero attached hydrogens (tertiary/aromatic N) is 2. The highest BCUT2D eigenvalue weighted by Crippen LogP contribution is 2.18. The summed E-state index contributed by atoms with van der Waals surface area (Å²) in [5, 5.41) is 3.32. The van der Waals surface area contributed by atoms with Gasteiger partial charge in [-0.15, -0.1) is 0 Å². The largest absolute Gasteiger partial charge is 0.489 e. The third-order valence-corrected chi connectivity index (χ3v) is 4.47. The van der Waals surface area contributed by atoms with Crippen molar-refractivity contribution in [2.24, 2.45) is 10.9 Å². The topological polar surface area (TPSA) is 46.1 Å². The number of ether oxygens (including phenoxy) is 2. The molecule has 1 saturated heterocycles. The van der Waals surface area contributed by atoms with E-state index in [0.29, 0.717) is 12.3 Å². The molecule has 6 heteroatoms. The Morgan fingerprint density at radius 1 is 1.44 bits per heavy atom. The van der Waals surface area contributed by atoms with Crippen molar-refractivity contribution in [1.29, 1.82) is 0 Å². The highest BCUT2D eigenvalue weighted by Gasteiger charge is 2.16. The van der Waals surface area contributed by atoms with Crippen molar-refractivity contribution in [3.63, 3.8) is 0 Å². The van der Waals surface area contributed by atoms with Crippen LogP contribution in [0.25, 0.3) is 0 Å². The number of benzene rings is 1. The standard InChI is InChI=1S/C19H30FN3O2/c1-15(25-18-6-4-5-17(20)13-18)14-22-19(21-2)23(3)10-7-16-8-11-24-12-9-16/h4-6,13,15-16H,7-12,14H2,1-3H3,(H,21,22). The second-order valence-electron chi connectivity index (χ2n) is 6.58. The van der Waals surface area contributed by atoms with Crippen LogP contribution in [0.1, 0.15) is 26.2 Å². The lowest BCUT2D eigenvalue weighted by Gasteiger charge is -2.27. The van der Waals surface area contributed by atoms with E-state index in [1.54, 1.807) is 19.2 Å². The third-order valence-electron chi connectivity index (χ3n) is 4.47. The lowest BCUT2D eigenvalue weighted by Crippen LogP contribution is -2.43. The lowest BCUT2D eigenvalue weighted by molar-refractivity contribution is 0.0625. The Morgan fingerprint density at radius 3 is 2.88 bits per heavy atom. The molecular weight excluding hydrogens is 321 g/mol. The van der Waals surface area contributed by atoms with Crippen LogP contribution in [0, 0.1) is 11.7 Å². The van der Waals surface area contributed by atoms with Crippen LogP contribution < -0.4 is 10.1 Å². The first-order valence-electron chi connectivity index (χ1n) is 9.00. The Kier molecular flexibility index (Phi) is 7.98. The van der Waals surface area contributed by atoms with Crippen LogP contribution in [-0.2, 0) is 4.74 Å². The smallest absolute Gasteiger partial charge is 0.193 e. The van der Waals surface area contributed by atoms with E-state index in [1.165, 1.54) is 12.1 Å². The zero-order valence-electron chi connectivity index (χ0n) is 15.5. The van der Waals surface area contributed by atoms with Crippen molar-refractivity contribution in [2.75, 3.05) is 40.4 Å². The van der Waals surface area contributed by atoms with Crippen LogP contribution in [0.3, 0.4) is 0 Å². The summed E-state index contributed by atoms with van der Waals surface area (Å²) in [6.45, 7) is 5.29. The summed E-state index contributed by atoms with van der Waals surface area (Å²) >= 11 is 0. The molecule has 1 aliphatic rings. The van der Waals surface area contributed by atoms with Gasteiger partial charge < -0.3 is 19.7 Å². The molecule has 0 radical (unpaired) electrons. The van der Waals surface area contributed by atoms with E-state index in [1.807, 2.05) is 14.0 Å². The highest BCUT2D eigenvalue weighted by atomic mass is 19.1. The van der Waals surface area contributed by atoms with Crippen LogP contribution >= 0.6 is 0 Å². The van der Waals surface area contributed by atoms with Gasteiger partial charge in [0.1, 0.15) is 17.7 Å². The number of hydrogen-bond donors (Lipinski definition) is 1.